The van der Waals surface area contributed by atoms with Crippen LogP contribution in [0.15, 0.2) is 24.3 Å². The molecule has 1 aromatic rings. The van der Waals surface area contributed by atoms with Crippen LogP contribution in [0, 0.1) is 0 Å². The number of rotatable bonds is 7. The lowest BCUT2D eigenvalue weighted by Gasteiger charge is -2.24. The summed E-state index contributed by atoms with van der Waals surface area (Å²) in [5.74, 6) is -0.131. The van der Waals surface area contributed by atoms with Crippen LogP contribution in [0.5, 0.6) is 0 Å². The summed E-state index contributed by atoms with van der Waals surface area (Å²) in [5, 5.41) is 5.88. The van der Waals surface area contributed by atoms with Crippen molar-refractivity contribution in [2.24, 2.45) is 0 Å². The van der Waals surface area contributed by atoms with Gasteiger partial charge in [-0.15, -0.1) is 0 Å². The lowest BCUT2D eigenvalue weighted by Crippen LogP contribution is -2.49. The van der Waals surface area contributed by atoms with E-state index >= 15 is 0 Å². The van der Waals surface area contributed by atoms with E-state index in [-0.39, 0.29) is 11.7 Å². The zero-order valence-electron chi connectivity index (χ0n) is 12.9. The molecule has 0 radical (unpaired) electrons. The number of carbonyl (C=O) groups is 1. The van der Waals surface area contributed by atoms with Gasteiger partial charge in [-0.25, -0.2) is 8.42 Å². The first-order chi connectivity index (χ1) is 9.70. The minimum Gasteiger partial charge on any atom is -0.325 e. The molecule has 0 aliphatic rings. The number of hydrogen-bond donors (Lipinski definition) is 3. The maximum absolute atomic E-state index is 12.1. The molecule has 0 heterocycles. The summed E-state index contributed by atoms with van der Waals surface area (Å²) in [4.78, 5) is 12.1. The molecule has 1 aromatic carbocycles. The van der Waals surface area contributed by atoms with Crippen LogP contribution in [-0.2, 0) is 14.8 Å². The molecule has 0 aromatic heterocycles. The van der Waals surface area contributed by atoms with Crippen LogP contribution in [0.2, 0.25) is 0 Å². The Morgan fingerprint density at radius 2 is 1.62 bits per heavy atom. The molecule has 7 heteroatoms. The van der Waals surface area contributed by atoms with Gasteiger partial charge in [0.1, 0.15) is 0 Å². The van der Waals surface area contributed by atoms with Gasteiger partial charge in [0, 0.05) is 11.4 Å². The van der Waals surface area contributed by atoms with Gasteiger partial charge in [0.15, 0.2) is 0 Å². The van der Waals surface area contributed by atoms with E-state index in [0.29, 0.717) is 17.9 Å². The van der Waals surface area contributed by atoms with E-state index in [1.807, 2.05) is 6.92 Å². The first-order valence-corrected chi connectivity index (χ1v) is 8.52. The molecule has 0 unspecified atom stereocenters. The van der Waals surface area contributed by atoms with Crippen LogP contribution in [-0.4, -0.2) is 32.2 Å². The van der Waals surface area contributed by atoms with Crippen molar-refractivity contribution >= 4 is 27.3 Å². The molecule has 1 rings (SSSR count). The summed E-state index contributed by atoms with van der Waals surface area (Å²) >= 11 is 0. The van der Waals surface area contributed by atoms with Gasteiger partial charge >= 0.3 is 0 Å². The lowest BCUT2D eigenvalue weighted by molar-refractivity contribution is -0.121. The van der Waals surface area contributed by atoms with Crippen LogP contribution >= 0.6 is 0 Å². The maximum Gasteiger partial charge on any atom is 0.244 e. The second-order valence-electron chi connectivity index (χ2n) is 5.19. The predicted octanol–water partition coefficient (Wildman–Crippen LogP) is 1.77. The molecular weight excluding hydrogens is 290 g/mol. The Balaban J connectivity index is 2.73. The summed E-state index contributed by atoms with van der Waals surface area (Å²) in [6, 6.07) is 6.55. The highest BCUT2D eigenvalue weighted by molar-refractivity contribution is 7.92. The van der Waals surface area contributed by atoms with Crippen molar-refractivity contribution in [3.63, 3.8) is 0 Å². The molecule has 0 spiro atoms. The Bertz CT molecular complexity index is 580. The van der Waals surface area contributed by atoms with Crippen LogP contribution in [0.3, 0.4) is 0 Å². The molecule has 0 saturated carbocycles. The maximum atomic E-state index is 12.1. The zero-order chi connectivity index (χ0) is 16.1. The van der Waals surface area contributed by atoms with Crippen molar-refractivity contribution in [2.45, 2.75) is 33.2 Å². The second kappa shape index (κ2) is 6.91. The highest BCUT2D eigenvalue weighted by Gasteiger charge is 2.26. The van der Waals surface area contributed by atoms with Crippen molar-refractivity contribution in [2.75, 3.05) is 22.3 Å². The van der Waals surface area contributed by atoms with Gasteiger partial charge < -0.3 is 10.6 Å². The fourth-order valence-corrected chi connectivity index (χ4v) is 2.32. The molecule has 118 valence electrons. The van der Waals surface area contributed by atoms with Crippen LogP contribution in [0.4, 0.5) is 11.4 Å². The van der Waals surface area contributed by atoms with Gasteiger partial charge in [-0.05, 0) is 51.6 Å². The Hall–Kier alpha value is -1.60. The van der Waals surface area contributed by atoms with E-state index in [1.54, 1.807) is 45.0 Å². The average molecular weight is 313 g/mol. The van der Waals surface area contributed by atoms with Crippen LogP contribution in [0.1, 0.15) is 27.7 Å². The van der Waals surface area contributed by atoms with Crippen molar-refractivity contribution in [3.8, 4) is 0 Å². The van der Waals surface area contributed by atoms with Gasteiger partial charge in [-0.3, -0.25) is 9.52 Å². The third-order valence-corrected chi connectivity index (χ3v) is 4.29. The van der Waals surface area contributed by atoms with Crippen molar-refractivity contribution in [1.82, 2.24) is 5.32 Å². The molecule has 0 saturated heterocycles. The molecule has 0 aliphatic carbocycles. The van der Waals surface area contributed by atoms with E-state index in [2.05, 4.69) is 15.4 Å². The van der Waals surface area contributed by atoms with Crippen molar-refractivity contribution in [1.29, 1.82) is 0 Å². The molecule has 6 nitrogen and oxygen atoms in total. The minimum absolute atomic E-state index is 0.0162. The Kier molecular flexibility index (Phi) is 5.74. The van der Waals surface area contributed by atoms with Crippen molar-refractivity contribution < 1.29 is 13.2 Å². The average Bonchev–Trinajstić information content (AvgIpc) is 2.40. The molecule has 1 amide bonds. The van der Waals surface area contributed by atoms with E-state index in [4.69, 9.17) is 0 Å². The van der Waals surface area contributed by atoms with Gasteiger partial charge in [0.2, 0.25) is 15.9 Å². The fraction of sp³-hybridized carbons (Fsp3) is 0.500. The third-order valence-electron chi connectivity index (χ3n) is 2.98. The zero-order valence-corrected chi connectivity index (χ0v) is 13.7. The molecule has 0 fully saturated rings. The number of nitrogens with one attached hydrogen (secondary N) is 3. The SMILES string of the molecule is CCNC(C)(C)C(=O)Nc1ccc(NS(=O)(=O)CC)cc1. The first-order valence-electron chi connectivity index (χ1n) is 6.87. The highest BCUT2D eigenvalue weighted by atomic mass is 32.2. The summed E-state index contributed by atoms with van der Waals surface area (Å²) in [6.07, 6.45) is 0. The van der Waals surface area contributed by atoms with E-state index in [9.17, 15) is 13.2 Å². The van der Waals surface area contributed by atoms with Gasteiger partial charge in [0.05, 0.1) is 11.3 Å². The van der Waals surface area contributed by atoms with Crippen LogP contribution < -0.4 is 15.4 Å². The largest absolute Gasteiger partial charge is 0.325 e. The minimum atomic E-state index is -3.29. The smallest absolute Gasteiger partial charge is 0.244 e. The Labute approximate surface area is 126 Å². The molecule has 0 aliphatic heterocycles. The van der Waals surface area contributed by atoms with E-state index in [1.165, 1.54) is 0 Å². The van der Waals surface area contributed by atoms with E-state index < -0.39 is 15.6 Å². The summed E-state index contributed by atoms with van der Waals surface area (Å²) in [5.41, 5.74) is 0.420. The summed E-state index contributed by atoms with van der Waals surface area (Å²) in [7, 11) is -3.29. The second-order valence-corrected chi connectivity index (χ2v) is 7.20. The monoisotopic (exact) mass is 313 g/mol. The number of carbonyl (C=O) groups excluding carboxylic acids is 1. The predicted molar refractivity (Wildman–Crippen MR) is 85.9 cm³/mol. The van der Waals surface area contributed by atoms with Crippen LogP contribution in [0.25, 0.3) is 0 Å². The standard InChI is InChI=1S/C14H23N3O3S/c1-5-15-14(3,4)13(18)16-11-7-9-12(10-8-11)17-21(19,20)6-2/h7-10,15,17H,5-6H2,1-4H3,(H,16,18). The first kappa shape index (κ1) is 17.5. The summed E-state index contributed by atoms with van der Waals surface area (Å²) < 4.78 is 25.3. The quantitative estimate of drug-likeness (QED) is 0.716. The van der Waals surface area contributed by atoms with Gasteiger partial charge in [-0.1, -0.05) is 6.92 Å². The summed E-state index contributed by atoms with van der Waals surface area (Å²) in [6.45, 7) is 7.80. The Morgan fingerprint density at radius 3 is 2.10 bits per heavy atom. The molecule has 0 bridgehead atoms. The third kappa shape index (κ3) is 5.35. The lowest BCUT2D eigenvalue weighted by atomic mass is 10.0. The number of benzene rings is 1. The number of anilines is 2. The normalized spacial score (nSPS) is 12.0. The van der Waals surface area contributed by atoms with E-state index in [0.717, 1.165) is 0 Å². The Morgan fingerprint density at radius 1 is 1.10 bits per heavy atom. The number of likely N-dealkylation sites (N-methyl/N-ethyl adjacent to an activating group) is 1. The number of hydrogen-bond acceptors (Lipinski definition) is 4. The topological polar surface area (TPSA) is 87.3 Å². The van der Waals surface area contributed by atoms with Gasteiger partial charge in [0.25, 0.3) is 0 Å². The molecule has 0 atom stereocenters. The number of sulfonamides is 1. The molecular formula is C14H23N3O3S. The fourth-order valence-electron chi connectivity index (χ4n) is 1.68. The number of amides is 1. The van der Waals surface area contributed by atoms with Crippen molar-refractivity contribution in [3.05, 3.63) is 24.3 Å². The molecule has 3 N–H and O–H groups in total. The molecule has 21 heavy (non-hydrogen) atoms. The highest BCUT2D eigenvalue weighted by Crippen LogP contribution is 2.16. The van der Waals surface area contributed by atoms with Gasteiger partial charge in [-0.2, -0.15) is 0 Å².